The van der Waals surface area contributed by atoms with Crippen LogP contribution in [0.5, 0.6) is 0 Å². The van der Waals surface area contributed by atoms with Crippen LogP contribution >= 0.6 is 0 Å². The van der Waals surface area contributed by atoms with Gasteiger partial charge in [0, 0.05) is 0 Å². The minimum atomic E-state index is -0.407. The molecule has 0 saturated heterocycles. The van der Waals surface area contributed by atoms with Crippen molar-refractivity contribution in [1.29, 1.82) is 0 Å². The number of halogens is 2. The van der Waals surface area contributed by atoms with E-state index in [2.05, 4.69) is 44.2 Å². The normalized spacial score (nSPS) is 16.5. The van der Waals surface area contributed by atoms with E-state index in [-0.39, 0.29) is 9.41 Å². The monoisotopic (exact) mass is 328 g/mol. The molecular formula is C15H20F2Zr. The smallest absolute Gasteiger partial charge is 1.00 e. The van der Waals surface area contributed by atoms with E-state index in [1.165, 1.54) is 25.7 Å². The third-order valence-corrected chi connectivity index (χ3v) is 6.84. The van der Waals surface area contributed by atoms with Crippen LogP contribution in [0.15, 0.2) is 42.5 Å². The van der Waals surface area contributed by atoms with Gasteiger partial charge in [0.25, 0.3) is 0 Å². The maximum absolute atomic E-state index is 2.39. The van der Waals surface area contributed by atoms with Crippen LogP contribution in [-0.2, 0) is 23.2 Å². The Morgan fingerprint density at radius 3 is 2.56 bits per heavy atom. The van der Waals surface area contributed by atoms with E-state index in [1.807, 2.05) is 3.28 Å². The molecular weight excluding hydrogens is 309 g/mol. The summed E-state index contributed by atoms with van der Waals surface area (Å²) in [6.07, 6.45) is 16.8. The Balaban J connectivity index is 0.00000144. The predicted octanol–water partition coefficient (Wildman–Crippen LogP) is -1.43. The van der Waals surface area contributed by atoms with Crippen molar-refractivity contribution in [2.75, 3.05) is 0 Å². The molecule has 0 bridgehead atoms. The zero-order valence-electron chi connectivity index (χ0n) is 11.0. The molecule has 0 atom stereocenters. The van der Waals surface area contributed by atoms with E-state index >= 15 is 0 Å². The third-order valence-electron chi connectivity index (χ3n) is 3.10. The fourth-order valence-corrected chi connectivity index (χ4v) is 5.48. The average molecular weight is 330 g/mol. The quantitative estimate of drug-likeness (QED) is 0.580. The van der Waals surface area contributed by atoms with Crippen molar-refractivity contribution >= 4 is 0 Å². The molecule has 0 radical (unpaired) electrons. The zero-order chi connectivity index (χ0) is 11.4. The first-order chi connectivity index (χ1) is 7.75. The molecule has 0 aromatic heterocycles. The van der Waals surface area contributed by atoms with Gasteiger partial charge in [-0.15, -0.1) is 0 Å². The van der Waals surface area contributed by atoms with Crippen LogP contribution in [0.1, 0.15) is 39.5 Å². The molecule has 0 unspecified atom stereocenters. The molecule has 0 N–H and O–H groups in total. The summed E-state index contributed by atoms with van der Waals surface area (Å²) in [5.41, 5.74) is 1.69. The standard InChI is InChI=1S/C10H15.C5H5.2FH.Zr/c1-9(2)7-8-10-5-3-4-6-10;1-2-4-5-3-1;;;/h3,5,9H,4,7-8H2,1-2H3;1-3H,4H2;2*1H;/q;;;;+2/p-2. The minimum Gasteiger partial charge on any atom is -1.00 e. The molecule has 2 aliphatic carbocycles. The molecule has 18 heavy (non-hydrogen) atoms. The summed E-state index contributed by atoms with van der Waals surface area (Å²) in [7, 11) is 0. The number of hydrogen-bond acceptors (Lipinski definition) is 0. The molecule has 0 aliphatic heterocycles. The molecule has 0 aromatic rings. The van der Waals surface area contributed by atoms with Crippen LogP contribution in [0.3, 0.4) is 0 Å². The fourth-order valence-electron chi connectivity index (χ4n) is 2.09. The van der Waals surface area contributed by atoms with Gasteiger partial charge in [0.05, 0.1) is 0 Å². The van der Waals surface area contributed by atoms with Gasteiger partial charge < -0.3 is 9.41 Å². The summed E-state index contributed by atoms with van der Waals surface area (Å²) in [6.45, 7) is 4.64. The van der Waals surface area contributed by atoms with Gasteiger partial charge in [0.15, 0.2) is 0 Å². The largest absolute Gasteiger partial charge is 1.00 e. The molecule has 0 nitrogen and oxygen atoms in total. The van der Waals surface area contributed by atoms with Gasteiger partial charge in [0.1, 0.15) is 0 Å². The molecule has 0 aromatic carbocycles. The van der Waals surface area contributed by atoms with Crippen LogP contribution < -0.4 is 9.41 Å². The van der Waals surface area contributed by atoms with Gasteiger partial charge >= 0.3 is 111 Å². The maximum atomic E-state index is 2.39. The first-order valence-corrected chi connectivity index (χ1v) is 8.73. The molecule has 0 saturated carbocycles. The maximum Gasteiger partial charge on any atom is -1.00 e. The first kappa shape index (κ1) is 17.7. The van der Waals surface area contributed by atoms with Crippen molar-refractivity contribution in [3.8, 4) is 0 Å². The Bertz CT molecular complexity index is 376. The van der Waals surface area contributed by atoms with E-state index in [0.717, 1.165) is 5.92 Å². The molecule has 2 aliphatic rings. The summed E-state index contributed by atoms with van der Waals surface area (Å²) in [6, 6.07) is 0. The van der Waals surface area contributed by atoms with Gasteiger partial charge in [-0.25, -0.2) is 0 Å². The topological polar surface area (TPSA) is 0 Å². The summed E-state index contributed by atoms with van der Waals surface area (Å²) in [4.78, 5) is 0. The predicted molar refractivity (Wildman–Crippen MR) is 66.7 cm³/mol. The van der Waals surface area contributed by atoms with Crippen molar-refractivity contribution in [3.63, 3.8) is 0 Å². The van der Waals surface area contributed by atoms with Crippen molar-refractivity contribution < 1.29 is 32.6 Å². The molecule has 0 amide bonds. The average Bonchev–Trinajstić information content (AvgIpc) is 2.87. The first-order valence-electron chi connectivity index (χ1n) is 6.27. The number of hydrogen-bond donors (Lipinski definition) is 0. The van der Waals surface area contributed by atoms with Crippen molar-refractivity contribution in [2.45, 2.75) is 39.5 Å². The van der Waals surface area contributed by atoms with Crippen LogP contribution in [0.25, 0.3) is 0 Å². The fraction of sp³-hybridized carbons (Fsp3) is 0.467. The molecule has 0 spiro atoms. The zero-order valence-corrected chi connectivity index (χ0v) is 13.5. The van der Waals surface area contributed by atoms with Crippen LogP contribution in [-0.4, -0.2) is 0 Å². The summed E-state index contributed by atoms with van der Waals surface area (Å²) < 4.78 is 3.59. The molecule has 98 valence electrons. The van der Waals surface area contributed by atoms with Crippen molar-refractivity contribution in [1.82, 2.24) is 0 Å². The van der Waals surface area contributed by atoms with E-state index in [0.29, 0.717) is 0 Å². The van der Waals surface area contributed by atoms with Gasteiger partial charge in [-0.2, -0.15) is 0 Å². The second kappa shape index (κ2) is 8.74. The Morgan fingerprint density at radius 1 is 1.17 bits per heavy atom. The van der Waals surface area contributed by atoms with Crippen LogP contribution in [0.2, 0.25) is 0 Å². The SMILES string of the molecule is CC(C)CCC1=[C]([Zr+2][C]2=CC=CC2)CC=C1.[F-].[F-]. The van der Waals surface area contributed by atoms with Crippen LogP contribution in [0, 0.1) is 5.92 Å². The summed E-state index contributed by atoms with van der Waals surface area (Å²) in [5.74, 6) is 0.834. The third kappa shape index (κ3) is 5.14. The summed E-state index contributed by atoms with van der Waals surface area (Å²) in [5, 5.41) is 0. The Morgan fingerprint density at radius 2 is 1.94 bits per heavy atom. The second-order valence-corrected chi connectivity index (χ2v) is 8.67. The van der Waals surface area contributed by atoms with E-state index in [1.54, 1.807) is 8.85 Å². The Hall–Kier alpha value is -0.297. The van der Waals surface area contributed by atoms with Crippen molar-refractivity contribution in [2.24, 2.45) is 5.92 Å². The van der Waals surface area contributed by atoms with Crippen LogP contribution in [0.4, 0.5) is 0 Å². The molecule has 2 rings (SSSR count). The van der Waals surface area contributed by atoms with E-state index < -0.39 is 23.2 Å². The Kier molecular flexibility index (Phi) is 8.60. The molecule has 3 heteroatoms. The Labute approximate surface area is 120 Å². The van der Waals surface area contributed by atoms with Crippen molar-refractivity contribution in [3.05, 3.63) is 42.5 Å². The second-order valence-electron chi connectivity index (χ2n) is 4.99. The van der Waals surface area contributed by atoms with Gasteiger partial charge in [-0.3, -0.25) is 0 Å². The van der Waals surface area contributed by atoms with E-state index in [4.69, 9.17) is 0 Å². The van der Waals surface area contributed by atoms with E-state index in [9.17, 15) is 0 Å². The molecule has 0 heterocycles. The van der Waals surface area contributed by atoms with Gasteiger partial charge in [0.2, 0.25) is 0 Å². The molecule has 0 fully saturated rings. The van der Waals surface area contributed by atoms with Gasteiger partial charge in [-0.05, 0) is 0 Å². The minimum absolute atomic E-state index is 0. The number of rotatable bonds is 5. The van der Waals surface area contributed by atoms with Gasteiger partial charge in [-0.1, -0.05) is 0 Å². The number of allylic oxidation sites excluding steroid dienone is 8. The summed E-state index contributed by atoms with van der Waals surface area (Å²) >= 11 is -0.407.